The molecule has 1 aromatic rings. The molecule has 0 aliphatic carbocycles. The maximum atomic E-state index is 13.5. The number of ether oxygens (including phenoxy) is 1. The number of benzene rings is 1. The zero-order valence-electron chi connectivity index (χ0n) is 10.5. The Morgan fingerprint density at radius 2 is 1.84 bits per heavy atom. The summed E-state index contributed by atoms with van der Waals surface area (Å²) in [4.78, 5) is 22.1. The molecule has 0 bridgehead atoms. The first kappa shape index (κ1) is 15.0. The van der Waals surface area contributed by atoms with E-state index in [0.29, 0.717) is 0 Å². The molecular formula is C12H12F3NO3. The van der Waals surface area contributed by atoms with Crippen LogP contribution in [0.4, 0.5) is 23.7 Å². The van der Waals surface area contributed by atoms with Gasteiger partial charge in [0.2, 0.25) is 0 Å². The van der Waals surface area contributed by atoms with Gasteiger partial charge in [-0.3, -0.25) is 10.1 Å². The highest BCUT2D eigenvalue weighted by Gasteiger charge is 2.23. The highest BCUT2D eigenvalue weighted by molar-refractivity contribution is 5.93. The monoisotopic (exact) mass is 275 g/mol. The average molecular weight is 275 g/mol. The van der Waals surface area contributed by atoms with Gasteiger partial charge >= 0.3 is 6.09 Å². The van der Waals surface area contributed by atoms with Crippen molar-refractivity contribution in [2.75, 3.05) is 5.32 Å². The second kappa shape index (κ2) is 5.29. The number of hydrogen-bond donors (Lipinski definition) is 1. The van der Waals surface area contributed by atoms with Gasteiger partial charge in [-0.05, 0) is 20.8 Å². The van der Waals surface area contributed by atoms with Gasteiger partial charge in [0.25, 0.3) is 0 Å². The van der Waals surface area contributed by atoms with Crippen molar-refractivity contribution in [2.45, 2.75) is 26.4 Å². The van der Waals surface area contributed by atoms with Gasteiger partial charge in [0, 0.05) is 6.07 Å². The van der Waals surface area contributed by atoms with Crippen LogP contribution in [0.3, 0.4) is 0 Å². The molecular weight excluding hydrogens is 263 g/mol. The third-order valence-electron chi connectivity index (χ3n) is 1.95. The van der Waals surface area contributed by atoms with Crippen LogP contribution in [0.1, 0.15) is 31.1 Å². The van der Waals surface area contributed by atoms with Crippen LogP contribution in [0.15, 0.2) is 6.07 Å². The molecule has 0 saturated carbocycles. The van der Waals surface area contributed by atoms with Crippen molar-refractivity contribution in [1.29, 1.82) is 0 Å². The maximum absolute atomic E-state index is 13.5. The molecule has 1 N–H and O–H groups in total. The fraction of sp³-hybridized carbons (Fsp3) is 0.333. The van der Waals surface area contributed by atoms with E-state index in [2.05, 4.69) is 0 Å². The Morgan fingerprint density at radius 1 is 1.26 bits per heavy atom. The van der Waals surface area contributed by atoms with Crippen molar-refractivity contribution >= 4 is 18.1 Å². The van der Waals surface area contributed by atoms with Gasteiger partial charge in [-0.2, -0.15) is 0 Å². The summed E-state index contributed by atoms with van der Waals surface area (Å²) < 4.78 is 44.5. The summed E-state index contributed by atoms with van der Waals surface area (Å²) in [7, 11) is 0. The lowest BCUT2D eigenvalue weighted by molar-refractivity contribution is 0.0635. The number of carbonyl (C=O) groups is 2. The van der Waals surface area contributed by atoms with Gasteiger partial charge in [0.1, 0.15) is 11.4 Å². The van der Waals surface area contributed by atoms with Crippen molar-refractivity contribution in [3.63, 3.8) is 0 Å². The van der Waals surface area contributed by atoms with E-state index in [9.17, 15) is 22.8 Å². The number of rotatable bonds is 2. The topological polar surface area (TPSA) is 55.4 Å². The Balaban J connectivity index is 3.13. The van der Waals surface area contributed by atoms with E-state index in [1.807, 2.05) is 5.32 Å². The van der Waals surface area contributed by atoms with Gasteiger partial charge in [-0.15, -0.1) is 0 Å². The van der Waals surface area contributed by atoms with E-state index in [4.69, 9.17) is 4.74 Å². The lowest BCUT2D eigenvalue weighted by Gasteiger charge is -2.20. The van der Waals surface area contributed by atoms with Crippen LogP contribution in [0, 0.1) is 17.5 Å². The molecule has 0 aromatic heterocycles. The van der Waals surface area contributed by atoms with E-state index in [1.165, 1.54) is 0 Å². The van der Waals surface area contributed by atoms with E-state index in [0.717, 1.165) is 0 Å². The Kier molecular flexibility index (Phi) is 4.18. The van der Waals surface area contributed by atoms with Crippen LogP contribution < -0.4 is 5.32 Å². The lowest BCUT2D eigenvalue weighted by Crippen LogP contribution is -2.28. The molecule has 1 amide bonds. The smallest absolute Gasteiger partial charge is 0.412 e. The number of carbonyl (C=O) groups excluding carboxylic acids is 2. The zero-order chi connectivity index (χ0) is 14.8. The number of hydrogen-bond acceptors (Lipinski definition) is 3. The maximum Gasteiger partial charge on any atom is 0.412 e. The summed E-state index contributed by atoms with van der Waals surface area (Å²) in [5, 5.41) is 1.82. The molecule has 0 heterocycles. The molecule has 0 aliphatic heterocycles. The van der Waals surface area contributed by atoms with E-state index >= 15 is 0 Å². The molecule has 104 valence electrons. The van der Waals surface area contributed by atoms with Crippen LogP contribution in [0.25, 0.3) is 0 Å². The number of nitrogens with one attached hydrogen (secondary N) is 1. The highest BCUT2D eigenvalue weighted by atomic mass is 19.2. The largest absolute Gasteiger partial charge is 0.444 e. The van der Waals surface area contributed by atoms with Gasteiger partial charge in [0.15, 0.2) is 17.9 Å². The molecule has 0 atom stereocenters. The molecule has 19 heavy (non-hydrogen) atoms. The van der Waals surface area contributed by atoms with Crippen LogP contribution in [0.2, 0.25) is 0 Å². The standard InChI is InChI=1S/C12H12F3NO3/c1-12(2,3)19-11(18)16-10-6(5-17)7(13)4-8(14)9(10)15/h4-5H,1-3H3,(H,16,18). The third-order valence-corrected chi connectivity index (χ3v) is 1.95. The second-order valence-electron chi connectivity index (χ2n) is 4.69. The Bertz CT molecular complexity index is 524. The minimum atomic E-state index is -1.53. The van der Waals surface area contributed by atoms with Crippen LogP contribution in [0.5, 0.6) is 0 Å². The van der Waals surface area contributed by atoms with Crippen molar-refractivity contribution < 1.29 is 27.5 Å². The van der Waals surface area contributed by atoms with Gasteiger partial charge in [-0.1, -0.05) is 0 Å². The van der Waals surface area contributed by atoms with Crippen molar-refractivity contribution in [2.24, 2.45) is 0 Å². The Labute approximate surface area is 107 Å². The van der Waals surface area contributed by atoms with Crippen molar-refractivity contribution in [3.05, 3.63) is 29.1 Å². The molecule has 1 rings (SSSR count). The van der Waals surface area contributed by atoms with E-state index < -0.39 is 40.4 Å². The number of anilines is 1. The number of halogens is 3. The SMILES string of the molecule is CC(C)(C)OC(=O)Nc1c(F)c(F)cc(F)c1C=O. The molecule has 0 aliphatic rings. The first-order chi connectivity index (χ1) is 8.65. The molecule has 0 unspecified atom stereocenters. The minimum Gasteiger partial charge on any atom is -0.444 e. The van der Waals surface area contributed by atoms with Gasteiger partial charge in [-0.25, -0.2) is 18.0 Å². The van der Waals surface area contributed by atoms with Gasteiger partial charge in [0.05, 0.1) is 11.3 Å². The third kappa shape index (κ3) is 3.70. The molecule has 0 saturated heterocycles. The predicted molar refractivity (Wildman–Crippen MR) is 61.6 cm³/mol. The van der Waals surface area contributed by atoms with Crippen molar-refractivity contribution in [3.8, 4) is 0 Å². The molecule has 0 fully saturated rings. The first-order valence-corrected chi connectivity index (χ1v) is 5.28. The zero-order valence-corrected chi connectivity index (χ0v) is 10.5. The fourth-order valence-corrected chi connectivity index (χ4v) is 1.25. The van der Waals surface area contributed by atoms with Gasteiger partial charge < -0.3 is 4.74 Å². The summed E-state index contributed by atoms with van der Waals surface area (Å²) in [5.74, 6) is -4.33. The van der Waals surface area contributed by atoms with Crippen LogP contribution in [-0.2, 0) is 4.74 Å². The summed E-state index contributed by atoms with van der Waals surface area (Å²) in [6.45, 7) is 4.65. The Hall–Kier alpha value is -2.05. The Morgan fingerprint density at radius 3 is 2.32 bits per heavy atom. The lowest BCUT2D eigenvalue weighted by atomic mass is 10.1. The predicted octanol–water partition coefficient (Wildman–Crippen LogP) is 3.26. The summed E-state index contributed by atoms with van der Waals surface area (Å²) in [6, 6.07) is 0.222. The summed E-state index contributed by atoms with van der Waals surface area (Å²) in [5.41, 5.74) is -2.56. The molecule has 1 aromatic carbocycles. The number of aldehydes is 1. The molecule has 4 nitrogen and oxygen atoms in total. The fourth-order valence-electron chi connectivity index (χ4n) is 1.25. The second-order valence-corrected chi connectivity index (χ2v) is 4.69. The van der Waals surface area contributed by atoms with Crippen LogP contribution in [-0.4, -0.2) is 18.0 Å². The average Bonchev–Trinajstić information content (AvgIpc) is 2.23. The molecule has 7 heteroatoms. The first-order valence-electron chi connectivity index (χ1n) is 5.28. The normalized spacial score (nSPS) is 11.1. The summed E-state index contributed by atoms with van der Waals surface area (Å²) in [6.07, 6.45) is -1.15. The number of amides is 1. The van der Waals surface area contributed by atoms with E-state index in [-0.39, 0.29) is 12.4 Å². The highest BCUT2D eigenvalue weighted by Crippen LogP contribution is 2.25. The molecule has 0 radical (unpaired) electrons. The summed E-state index contributed by atoms with van der Waals surface area (Å²) >= 11 is 0. The van der Waals surface area contributed by atoms with Crippen molar-refractivity contribution in [1.82, 2.24) is 0 Å². The molecule has 0 spiro atoms. The minimum absolute atomic E-state index is 0.0233. The quantitative estimate of drug-likeness (QED) is 0.665. The van der Waals surface area contributed by atoms with E-state index in [1.54, 1.807) is 20.8 Å². The van der Waals surface area contributed by atoms with Crippen LogP contribution >= 0.6 is 0 Å².